The smallest absolute Gasteiger partial charge is 0.0850 e. The molecule has 1 heteroatoms. The van der Waals surface area contributed by atoms with Gasteiger partial charge in [-0.25, -0.2) is 0 Å². The van der Waals surface area contributed by atoms with E-state index < -0.39 is 5.60 Å². The zero-order chi connectivity index (χ0) is 11.8. The molecule has 0 amide bonds. The van der Waals surface area contributed by atoms with Gasteiger partial charge >= 0.3 is 0 Å². The molecule has 0 aliphatic carbocycles. The van der Waals surface area contributed by atoms with E-state index in [9.17, 15) is 5.11 Å². The molecule has 1 atom stereocenters. The highest BCUT2D eigenvalue weighted by Crippen LogP contribution is 2.35. The van der Waals surface area contributed by atoms with E-state index in [1.807, 2.05) is 13.0 Å². The first-order chi connectivity index (χ1) is 5.88. The Balaban J connectivity index is 5.00. The minimum Gasteiger partial charge on any atom is -0.386 e. The second-order valence-electron chi connectivity index (χ2n) is 6.47. The Hall–Kier alpha value is -0.300. The van der Waals surface area contributed by atoms with E-state index in [1.165, 1.54) is 5.57 Å². The third kappa shape index (κ3) is 3.45. The van der Waals surface area contributed by atoms with Crippen LogP contribution in [0.15, 0.2) is 11.6 Å². The van der Waals surface area contributed by atoms with Gasteiger partial charge in [0.05, 0.1) is 5.60 Å². The first-order valence-electron chi connectivity index (χ1n) is 5.30. The maximum atomic E-state index is 10.3. The molecule has 0 radical (unpaired) electrons. The second kappa shape index (κ2) is 3.69. The fraction of sp³-hybridized carbons (Fsp3) is 0.846. The summed E-state index contributed by atoms with van der Waals surface area (Å²) in [5, 5.41) is 10.3. The molecule has 1 N–H and O–H groups in total. The first-order valence-corrected chi connectivity index (χ1v) is 5.30. The third-order valence-electron chi connectivity index (χ3n) is 3.20. The summed E-state index contributed by atoms with van der Waals surface area (Å²) in [6.07, 6.45) is 1.99. The lowest BCUT2D eigenvalue weighted by Crippen LogP contribution is -2.38. The van der Waals surface area contributed by atoms with E-state index in [0.29, 0.717) is 0 Å². The number of allylic oxidation sites excluding steroid dienone is 1. The second-order valence-corrected chi connectivity index (χ2v) is 6.47. The highest BCUT2D eigenvalue weighted by Gasteiger charge is 2.34. The molecule has 0 aliphatic heterocycles. The fourth-order valence-electron chi connectivity index (χ4n) is 0.855. The summed E-state index contributed by atoms with van der Waals surface area (Å²) < 4.78 is 0. The van der Waals surface area contributed by atoms with E-state index in [4.69, 9.17) is 0 Å². The number of aliphatic hydroxyl groups is 1. The minimum absolute atomic E-state index is 0.125. The van der Waals surface area contributed by atoms with Crippen LogP contribution in [-0.4, -0.2) is 10.7 Å². The molecular formula is C13H26O. The van der Waals surface area contributed by atoms with E-state index in [-0.39, 0.29) is 10.8 Å². The average molecular weight is 198 g/mol. The molecule has 14 heavy (non-hydrogen) atoms. The number of rotatable bonds is 1. The lowest BCUT2D eigenvalue weighted by Gasteiger charge is -2.36. The Bertz CT molecular complexity index is 221. The first kappa shape index (κ1) is 13.7. The molecular weight excluding hydrogens is 172 g/mol. The standard InChI is InChI=1S/C13H26O/c1-10(11(2,3)4)9-13(8,14)12(5,6)7/h9,14H,1-8H3/b10-9+. The lowest BCUT2D eigenvalue weighted by atomic mass is 9.74. The molecule has 0 aromatic rings. The predicted octanol–water partition coefficient (Wildman–Crippen LogP) is 3.78. The molecule has 0 heterocycles. The quantitative estimate of drug-likeness (QED) is 0.636. The Morgan fingerprint density at radius 2 is 1.29 bits per heavy atom. The van der Waals surface area contributed by atoms with Crippen molar-refractivity contribution in [3.05, 3.63) is 11.6 Å². The van der Waals surface area contributed by atoms with Crippen LogP contribution < -0.4 is 0 Å². The monoisotopic (exact) mass is 198 g/mol. The van der Waals surface area contributed by atoms with E-state index in [1.54, 1.807) is 0 Å². The Labute approximate surface area is 89.2 Å². The van der Waals surface area contributed by atoms with Gasteiger partial charge in [0.1, 0.15) is 0 Å². The third-order valence-corrected chi connectivity index (χ3v) is 3.20. The van der Waals surface area contributed by atoms with Crippen LogP contribution in [0, 0.1) is 10.8 Å². The molecule has 0 spiro atoms. The highest BCUT2D eigenvalue weighted by atomic mass is 16.3. The molecule has 0 aromatic heterocycles. The van der Waals surface area contributed by atoms with Crippen molar-refractivity contribution in [1.82, 2.24) is 0 Å². The molecule has 0 saturated heterocycles. The van der Waals surface area contributed by atoms with Crippen LogP contribution in [0.4, 0.5) is 0 Å². The van der Waals surface area contributed by atoms with Crippen LogP contribution in [0.25, 0.3) is 0 Å². The van der Waals surface area contributed by atoms with E-state index in [2.05, 4.69) is 48.5 Å². The van der Waals surface area contributed by atoms with Crippen LogP contribution in [0.3, 0.4) is 0 Å². The van der Waals surface area contributed by atoms with Gasteiger partial charge in [-0.05, 0) is 24.7 Å². The molecule has 84 valence electrons. The summed E-state index contributed by atoms with van der Waals surface area (Å²) in [6, 6.07) is 0. The largest absolute Gasteiger partial charge is 0.386 e. The minimum atomic E-state index is -0.746. The van der Waals surface area contributed by atoms with Crippen molar-refractivity contribution >= 4 is 0 Å². The van der Waals surface area contributed by atoms with Crippen molar-refractivity contribution in [3.63, 3.8) is 0 Å². The van der Waals surface area contributed by atoms with E-state index in [0.717, 1.165) is 0 Å². The van der Waals surface area contributed by atoms with Crippen LogP contribution in [-0.2, 0) is 0 Å². The summed E-state index contributed by atoms with van der Waals surface area (Å²) in [5.41, 5.74) is 0.497. The van der Waals surface area contributed by atoms with Crippen molar-refractivity contribution in [2.45, 2.75) is 61.0 Å². The van der Waals surface area contributed by atoms with Crippen molar-refractivity contribution in [3.8, 4) is 0 Å². The summed E-state index contributed by atoms with van der Waals surface area (Å²) in [5.74, 6) is 0. The van der Waals surface area contributed by atoms with Crippen molar-refractivity contribution in [2.75, 3.05) is 0 Å². The average Bonchev–Trinajstić information content (AvgIpc) is 1.80. The summed E-state index contributed by atoms with van der Waals surface area (Å²) >= 11 is 0. The van der Waals surface area contributed by atoms with Gasteiger partial charge in [-0.1, -0.05) is 53.2 Å². The van der Waals surface area contributed by atoms with Crippen LogP contribution in [0.5, 0.6) is 0 Å². The maximum absolute atomic E-state index is 10.3. The maximum Gasteiger partial charge on any atom is 0.0850 e. The van der Waals surface area contributed by atoms with Gasteiger partial charge in [0, 0.05) is 0 Å². The molecule has 0 saturated carbocycles. The highest BCUT2D eigenvalue weighted by molar-refractivity contribution is 5.16. The zero-order valence-electron chi connectivity index (χ0n) is 11.0. The summed E-state index contributed by atoms with van der Waals surface area (Å²) in [7, 11) is 0. The van der Waals surface area contributed by atoms with Gasteiger partial charge in [-0.2, -0.15) is 0 Å². The van der Waals surface area contributed by atoms with Crippen LogP contribution in [0.1, 0.15) is 55.4 Å². The molecule has 0 aromatic carbocycles. The Morgan fingerprint density at radius 3 is 1.50 bits per heavy atom. The zero-order valence-corrected chi connectivity index (χ0v) is 11.0. The van der Waals surface area contributed by atoms with Gasteiger partial charge in [-0.15, -0.1) is 0 Å². The number of hydrogen-bond donors (Lipinski definition) is 1. The molecule has 0 fully saturated rings. The van der Waals surface area contributed by atoms with Crippen LogP contribution in [0.2, 0.25) is 0 Å². The molecule has 0 bridgehead atoms. The van der Waals surface area contributed by atoms with Gasteiger partial charge < -0.3 is 5.11 Å². The Morgan fingerprint density at radius 1 is 0.929 bits per heavy atom. The van der Waals surface area contributed by atoms with Crippen molar-refractivity contribution < 1.29 is 5.11 Å². The normalized spacial score (nSPS) is 19.4. The molecule has 0 rings (SSSR count). The Kier molecular flexibility index (Phi) is 3.61. The van der Waals surface area contributed by atoms with Gasteiger partial charge in [0.2, 0.25) is 0 Å². The molecule has 1 nitrogen and oxygen atoms in total. The van der Waals surface area contributed by atoms with Crippen LogP contribution >= 0.6 is 0 Å². The fourth-order valence-corrected chi connectivity index (χ4v) is 0.855. The van der Waals surface area contributed by atoms with Crippen molar-refractivity contribution in [2.24, 2.45) is 10.8 Å². The topological polar surface area (TPSA) is 20.2 Å². The molecule has 1 unspecified atom stereocenters. The predicted molar refractivity (Wildman–Crippen MR) is 63.3 cm³/mol. The van der Waals surface area contributed by atoms with E-state index >= 15 is 0 Å². The lowest BCUT2D eigenvalue weighted by molar-refractivity contribution is 0.00215. The van der Waals surface area contributed by atoms with Gasteiger partial charge in [-0.3, -0.25) is 0 Å². The summed E-state index contributed by atoms with van der Waals surface area (Å²) in [6.45, 7) is 16.6. The van der Waals surface area contributed by atoms with Gasteiger partial charge in [0.15, 0.2) is 0 Å². The SMILES string of the molecule is C/C(=C\C(C)(O)C(C)(C)C)C(C)(C)C. The summed E-state index contributed by atoms with van der Waals surface area (Å²) in [4.78, 5) is 0. The van der Waals surface area contributed by atoms with Crippen molar-refractivity contribution in [1.29, 1.82) is 0 Å². The molecule has 0 aliphatic rings. The van der Waals surface area contributed by atoms with Gasteiger partial charge in [0.25, 0.3) is 0 Å². The number of hydrogen-bond acceptors (Lipinski definition) is 1.